The van der Waals surface area contributed by atoms with E-state index in [-0.39, 0.29) is 5.91 Å². The molecule has 110 valence electrons. The molecule has 2 saturated heterocycles. The molecular weight excluding hydrogens is 240 g/mol. The van der Waals surface area contributed by atoms with E-state index in [1.807, 2.05) is 0 Å². The van der Waals surface area contributed by atoms with Crippen LogP contribution in [0.1, 0.15) is 32.6 Å². The first-order chi connectivity index (χ1) is 9.15. The molecule has 2 heterocycles. The zero-order chi connectivity index (χ0) is 13.7. The molecule has 1 unspecified atom stereocenters. The normalized spacial score (nSPS) is 24.5. The van der Waals surface area contributed by atoms with E-state index in [0.717, 1.165) is 32.5 Å². The highest BCUT2D eigenvalue weighted by molar-refractivity contribution is 5.78. The molecule has 1 atom stereocenters. The standard InChI is InChI=1S/C14H28N4O/c1-12(18-6-2-3-7-18)10-16-14(19)11-17-8-4-13(15)5-9-17/h12-13H,2-11,15H2,1H3,(H,16,19). The SMILES string of the molecule is CC(CNC(=O)CN1CCC(N)CC1)N1CCCC1. The molecule has 3 N–H and O–H groups in total. The van der Waals surface area contributed by atoms with Gasteiger partial charge in [-0.05, 0) is 45.7 Å². The van der Waals surface area contributed by atoms with Crippen LogP contribution >= 0.6 is 0 Å². The van der Waals surface area contributed by atoms with Crippen molar-refractivity contribution in [3.8, 4) is 0 Å². The van der Waals surface area contributed by atoms with Gasteiger partial charge in [0.05, 0.1) is 6.54 Å². The quantitative estimate of drug-likeness (QED) is 0.737. The minimum Gasteiger partial charge on any atom is -0.353 e. The molecule has 5 heteroatoms. The van der Waals surface area contributed by atoms with Crippen LogP contribution in [0.4, 0.5) is 0 Å². The van der Waals surface area contributed by atoms with Crippen molar-refractivity contribution in [1.29, 1.82) is 0 Å². The maximum absolute atomic E-state index is 11.9. The summed E-state index contributed by atoms with van der Waals surface area (Å²) < 4.78 is 0. The molecule has 2 aliphatic rings. The van der Waals surface area contributed by atoms with Crippen molar-refractivity contribution in [2.24, 2.45) is 5.73 Å². The second-order valence-corrected chi connectivity index (χ2v) is 6.01. The molecule has 0 aliphatic carbocycles. The first-order valence-electron chi connectivity index (χ1n) is 7.64. The first-order valence-corrected chi connectivity index (χ1v) is 7.64. The van der Waals surface area contributed by atoms with Crippen LogP contribution in [-0.2, 0) is 4.79 Å². The molecule has 0 saturated carbocycles. The van der Waals surface area contributed by atoms with Crippen LogP contribution in [0.15, 0.2) is 0 Å². The fraction of sp³-hybridized carbons (Fsp3) is 0.929. The van der Waals surface area contributed by atoms with Crippen molar-refractivity contribution >= 4 is 5.91 Å². The molecule has 0 aromatic carbocycles. The maximum Gasteiger partial charge on any atom is 0.234 e. The van der Waals surface area contributed by atoms with Gasteiger partial charge < -0.3 is 11.1 Å². The number of piperidine rings is 1. The van der Waals surface area contributed by atoms with Crippen LogP contribution in [0.3, 0.4) is 0 Å². The third-order valence-corrected chi connectivity index (χ3v) is 4.36. The van der Waals surface area contributed by atoms with Crippen LogP contribution in [0.2, 0.25) is 0 Å². The summed E-state index contributed by atoms with van der Waals surface area (Å²) in [6.07, 6.45) is 4.62. The average Bonchev–Trinajstić information content (AvgIpc) is 2.93. The van der Waals surface area contributed by atoms with E-state index in [9.17, 15) is 4.79 Å². The summed E-state index contributed by atoms with van der Waals surface area (Å²) in [5.41, 5.74) is 5.86. The third-order valence-electron chi connectivity index (χ3n) is 4.36. The van der Waals surface area contributed by atoms with Crippen molar-refractivity contribution in [2.45, 2.75) is 44.7 Å². The lowest BCUT2D eigenvalue weighted by Gasteiger charge is -2.30. The fourth-order valence-electron chi connectivity index (χ4n) is 2.94. The molecule has 2 fully saturated rings. The van der Waals surface area contributed by atoms with E-state index in [4.69, 9.17) is 5.73 Å². The molecule has 19 heavy (non-hydrogen) atoms. The number of nitrogens with one attached hydrogen (secondary N) is 1. The summed E-state index contributed by atoms with van der Waals surface area (Å²) in [6, 6.07) is 0.788. The fourth-order valence-corrected chi connectivity index (χ4v) is 2.94. The zero-order valence-corrected chi connectivity index (χ0v) is 12.1. The van der Waals surface area contributed by atoms with Crippen LogP contribution in [0.25, 0.3) is 0 Å². The molecule has 0 radical (unpaired) electrons. The molecular formula is C14H28N4O. The number of hydrogen-bond acceptors (Lipinski definition) is 4. The molecule has 0 aromatic heterocycles. The van der Waals surface area contributed by atoms with E-state index < -0.39 is 0 Å². The van der Waals surface area contributed by atoms with Gasteiger partial charge in [0.2, 0.25) is 5.91 Å². The largest absolute Gasteiger partial charge is 0.353 e. The summed E-state index contributed by atoms with van der Waals surface area (Å²) in [6.45, 7) is 7.77. The molecule has 5 nitrogen and oxygen atoms in total. The van der Waals surface area contributed by atoms with Crippen LogP contribution < -0.4 is 11.1 Å². The van der Waals surface area contributed by atoms with Gasteiger partial charge in [-0.25, -0.2) is 0 Å². The summed E-state index contributed by atoms with van der Waals surface area (Å²) in [4.78, 5) is 16.6. The van der Waals surface area contributed by atoms with Crippen LogP contribution in [0.5, 0.6) is 0 Å². The number of amides is 1. The monoisotopic (exact) mass is 268 g/mol. The van der Waals surface area contributed by atoms with Gasteiger partial charge in [0, 0.05) is 31.7 Å². The number of carbonyl (C=O) groups excluding carboxylic acids is 1. The Morgan fingerprint density at radius 3 is 2.53 bits per heavy atom. The van der Waals surface area contributed by atoms with Crippen molar-refractivity contribution in [3.05, 3.63) is 0 Å². The van der Waals surface area contributed by atoms with Gasteiger partial charge in [0.1, 0.15) is 0 Å². The molecule has 0 bridgehead atoms. The Kier molecular flexibility index (Phi) is 5.60. The highest BCUT2D eigenvalue weighted by Crippen LogP contribution is 2.11. The lowest BCUT2D eigenvalue weighted by atomic mass is 10.1. The first kappa shape index (κ1) is 14.8. The van der Waals surface area contributed by atoms with Crippen LogP contribution in [-0.4, -0.2) is 67.1 Å². The lowest BCUT2D eigenvalue weighted by molar-refractivity contribution is -0.122. The second kappa shape index (κ2) is 7.22. The van der Waals surface area contributed by atoms with Crippen molar-refractivity contribution in [3.63, 3.8) is 0 Å². The average molecular weight is 268 g/mol. The van der Waals surface area contributed by atoms with Crippen molar-refractivity contribution < 1.29 is 4.79 Å². The van der Waals surface area contributed by atoms with Crippen molar-refractivity contribution in [1.82, 2.24) is 15.1 Å². The van der Waals surface area contributed by atoms with Gasteiger partial charge >= 0.3 is 0 Å². The van der Waals surface area contributed by atoms with Gasteiger partial charge in [-0.2, -0.15) is 0 Å². The highest BCUT2D eigenvalue weighted by Gasteiger charge is 2.20. The molecule has 2 rings (SSSR count). The Morgan fingerprint density at radius 2 is 1.89 bits per heavy atom. The second-order valence-electron chi connectivity index (χ2n) is 6.01. The Labute approximate surface area is 116 Å². The van der Waals surface area contributed by atoms with Gasteiger partial charge in [-0.15, -0.1) is 0 Å². The van der Waals surface area contributed by atoms with Gasteiger partial charge in [0.15, 0.2) is 0 Å². The van der Waals surface area contributed by atoms with E-state index in [0.29, 0.717) is 18.6 Å². The van der Waals surface area contributed by atoms with Crippen molar-refractivity contribution in [2.75, 3.05) is 39.3 Å². The maximum atomic E-state index is 11.9. The molecule has 1 amide bonds. The zero-order valence-electron chi connectivity index (χ0n) is 12.1. The molecule has 0 spiro atoms. The summed E-state index contributed by atoms with van der Waals surface area (Å²) in [5.74, 6) is 0.154. The van der Waals surface area contributed by atoms with Gasteiger partial charge in [-0.3, -0.25) is 14.6 Å². The highest BCUT2D eigenvalue weighted by atomic mass is 16.2. The number of nitrogens with two attached hydrogens (primary N) is 1. The van der Waals surface area contributed by atoms with E-state index in [1.54, 1.807) is 0 Å². The van der Waals surface area contributed by atoms with E-state index in [2.05, 4.69) is 22.0 Å². The van der Waals surface area contributed by atoms with E-state index in [1.165, 1.54) is 25.9 Å². The summed E-state index contributed by atoms with van der Waals surface area (Å²) in [5, 5.41) is 3.06. The Hall–Kier alpha value is -0.650. The predicted octanol–water partition coefficient (Wildman–Crippen LogP) is 0.0100. The van der Waals surface area contributed by atoms with Gasteiger partial charge in [0.25, 0.3) is 0 Å². The Balaban J connectivity index is 1.61. The Morgan fingerprint density at radius 1 is 1.26 bits per heavy atom. The molecule has 0 aromatic rings. The number of carbonyl (C=O) groups is 1. The smallest absolute Gasteiger partial charge is 0.234 e. The van der Waals surface area contributed by atoms with Crippen LogP contribution in [0, 0.1) is 0 Å². The number of hydrogen-bond donors (Lipinski definition) is 2. The minimum atomic E-state index is 0.154. The Bertz CT molecular complexity index is 283. The van der Waals surface area contributed by atoms with Gasteiger partial charge in [-0.1, -0.05) is 0 Å². The number of nitrogens with zero attached hydrogens (tertiary/aromatic N) is 2. The number of likely N-dealkylation sites (tertiary alicyclic amines) is 2. The summed E-state index contributed by atoms with van der Waals surface area (Å²) in [7, 11) is 0. The lowest BCUT2D eigenvalue weighted by Crippen LogP contribution is -2.47. The third kappa shape index (κ3) is 4.75. The topological polar surface area (TPSA) is 61.6 Å². The number of rotatable bonds is 5. The predicted molar refractivity (Wildman–Crippen MR) is 76.9 cm³/mol. The summed E-state index contributed by atoms with van der Waals surface area (Å²) >= 11 is 0. The minimum absolute atomic E-state index is 0.154. The van der Waals surface area contributed by atoms with E-state index >= 15 is 0 Å². The molecule has 2 aliphatic heterocycles.